The molecule has 156 valence electrons. The number of hydrogen-bond acceptors (Lipinski definition) is 5. The zero-order valence-corrected chi connectivity index (χ0v) is 17.5. The van der Waals surface area contributed by atoms with Crippen LogP contribution in [0.25, 0.3) is 0 Å². The molecule has 1 heterocycles. The molecule has 0 amide bonds. The summed E-state index contributed by atoms with van der Waals surface area (Å²) in [5.41, 5.74) is 9.58. The third-order valence-corrected chi connectivity index (χ3v) is 5.87. The lowest BCUT2D eigenvalue weighted by Crippen LogP contribution is -2.42. The van der Waals surface area contributed by atoms with Crippen molar-refractivity contribution in [3.8, 4) is 17.2 Å². The van der Waals surface area contributed by atoms with Crippen LogP contribution in [0.4, 0.5) is 5.69 Å². The molecule has 1 unspecified atom stereocenters. The predicted octanol–water partition coefficient (Wildman–Crippen LogP) is 3.44. The van der Waals surface area contributed by atoms with E-state index in [0.717, 1.165) is 58.0 Å². The molecule has 1 aliphatic heterocycles. The van der Waals surface area contributed by atoms with Crippen molar-refractivity contribution in [1.82, 2.24) is 0 Å². The average molecular weight is 399 g/mol. The summed E-state index contributed by atoms with van der Waals surface area (Å²) in [5.74, 6) is 7.47. The minimum absolute atomic E-state index is 0.226. The molecule has 0 aromatic heterocycles. The van der Waals surface area contributed by atoms with E-state index < -0.39 is 0 Å². The lowest BCUT2D eigenvalue weighted by Gasteiger charge is -2.38. The van der Waals surface area contributed by atoms with Crippen LogP contribution in [0.15, 0.2) is 24.3 Å². The van der Waals surface area contributed by atoms with E-state index in [4.69, 9.17) is 26.5 Å². The summed E-state index contributed by atoms with van der Waals surface area (Å²) >= 11 is 0. The number of anilines is 1. The third kappa shape index (κ3) is 4.10. The fourth-order valence-electron chi connectivity index (χ4n) is 3.70. The summed E-state index contributed by atoms with van der Waals surface area (Å²) in [6.07, 6.45) is 2.48. The number of nitrogens with zero attached hydrogens (tertiary/aromatic N) is 1. The van der Waals surface area contributed by atoms with Gasteiger partial charge in [-0.25, -0.2) is 10.9 Å². The molecule has 7 nitrogen and oxygen atoms in total. The van der Waals surface area contributed by atoms with Crippen LogP contribution < -0.4 is 26.1 Å². The first-order valence-electron chi connectivity index (χ1n) is 9.75. The lowest BCUT2D eigenvalue weighted by molar-refractivity contribution is 0.0412. The number of ether oxygens (including phenoxy) is 2. The molecule has 0 fully saturated rings. The summed E-state index contributed by atoms with van der Waals surface area (Å²) in [7, 11) is 0. The maximum atomic E-state index is 10.3. The highest BCUT2D eigenvalue weighted by Gasteiger charge is 2.34. The SMILES string of the molecule is Cc1c(C)c2c(c(C)c1O)CCC(C)(CCOc1ccc(N(N)C(=N)N)cc1)O2. The molecule has 1 aliphatic rings. The summed E-state index contributed by atoms with van der Waals surface area (Å²) in [6.45, 7) is 8.50. The Kier molecular flexibility index (Phi) is 5.61. The first-order chi connectivity index (χ1) is 13.6. The zero-order valence-electron chi connectivity index (χ0n) is 17.5. The number of phenols is 1. The second kappa shape index (κ2) is 7.83. The highest BCUT2D eigenvalue weighted by atomic mass is 16.5. The van der Waals surface area contributed by atoms with Crippen LogP contribution in [0.1, 0.15) is 42.0 Å². The molecule has 3 rings (SSSR count). The van der Waals surface area contributed by atoms with Crippen molar-refractivity contribution in [3.05, 3.63) is 46.5 Å². The molecule has 0 radical (unpaired) electrons. The van der Waals surface area contributed by atoms with Gasteiger partial charge < -0.3 is 20.3 Å². The minimum atomic E-state index is -0.323. The Balaban J connectivity index is 1.64. The molecule has 7 heteroatoms. The van der Waals surface area contributed by atoms with Gasteiger partial charge in [-0.15, -0.1) is 0 Å². The van der Waals surface area contributed by atoms with Gasteiger partial charge in [0.25, 0.3) is 0 Å². The number of benzene rings is 2. The lowest BCUT2D eigenvalue weighted by atomic mass is 9.86. The van der Waals surface area contributed by atoms with Gasteiger partial charge in [-0.2, -0.15) is 0 Å². The molecule has 0 aliphatic carbocycles. The molecule has 0 saturated heterocycles. The Morgan fingerprint density at radius 1 is 1.21 bits per heavy atom. The van der Waals surface area contributed by atoms with E-state index in [-0.39, 0.29) is 11.6 Å². The van der Waals surface area contributed by atoms with E-state index in [1.165, 1.54) is 0 Å². The monoisotopic (exact) mass is 398 g/mol. The van der Waals surface area contributed by atoms with Gasteiger partial charge in [0, 0.05) is 12.0 Å². The maximum Gasteiger partial charge on any atom is 0.207 e. The number of rotatable bonds is 5. The first kappa shape index (κ1) is 20.8. The van der Waals surface area contributed by atoms with Gasteiger partial charge in [-0.1, -0.05) is 0 Å². The van der Waals surface area contributed by atoms with Crippen LogP contribution in [-0.2, 0) is 6.42 Å². The number of hydrogen-bond donors (Lipinski definition) is 4. The Bertz CT molecular complexity index is 927. The number of nitrogens with one attached hydrogen (secondary N) is 1. The second-order valence-corrected chi connectivity index (χ2v) is 7.93. The largest absolute Gasteiger partial charge is 0.507 e. The van der Waals surface area contributed by atoms with E-state index in [9.17, 15) is 5.11 Å². The maximum absolute atomic E-state index is 10.3. The Labute approximate surface area is 171 Å². The van der Waals surface area contributed by atoms with Gasteiger partial charge in [0.15, 0.2) is 0 Å². The summed E-state index contributed by atoms with van der Waals surface area (Å²) in [6, 6.07) is 7.12. The fourth-order valence-corrected chi connectivity index (χ4v) is 3.70. The Hall–Kier alpha value is -2.93. The zero-order chi connectivity index (χ0) is 21.3. The third-order valence-electron chi connectivity index (χ3n) is 5.87. The van der Waals surface area contributed by atoms with E-state index in [0.29, 0.717) is 18.0 Å². The van der Waals surface area contributed by atoms with Gasteiger partial charge in [0.1, 0.15) is 22.8 Å². The quantitative estimate of drug-likeness (QED) is 0.265. The number of hydrazine groups is 1. The number of guanidine groups is 1. The number of phenolic OH excluding ortho intramolecular Hbond substituents is 1. The van der Waals surface area contributed by atoms with Crippen LogP contribution >= 0.6 is 0 Å². The number of aromatic hydroxyl groups is 1. The molecule has 6 N–H and O–H groups in total. The van der Waals surface area contributed by atoms with Gasteiger partial charge >= 0.3 is 0 Å². The molecule has 2 aromatic rings. The number of fused-ring (bicyclic) bond motifs is 1. The van der Waals surface area contributed by atoms with Gasteiger partial charge in [-0.05, 0) is 81.5 Å². The van der Waals surface area contributed by atoms with E-state index in [1.54, 1.807) is 24.3 Å². The van der Waals surface area contributed by atoms with Crippen LogP contribution in [-0.4, -0.2) is 23.3 Å². The van der Waals surface area contributed by atoms with Crippen molar-refractivity contribution < 1.29 is 14.6 Å². The van der Waals surface area contributed by atoms with E-state index >= 15 is 0 Å². The smallest absolute Gasteiger partial charge is 0.207 e. The fraction of sp³-hybridized carbons (Fsp3) is 0.409. The molecule has 1 atom stereocenters. The van der Waals surface area contributed by atoms with Crippen LogP contribution in [0.5, 0.6) is 17.2 Å². The van der Waals surface area contributed by atoms with Gasteiger partial charge in [-0.3, -0.25) is 5.41 Å². The van der Waals surface area contributed by atoms with Gasteiger partial charge in [0.2, 0.25) is 5.96 Å². The second-order valence-electron chi connectivity index (χ2n) is 7.93. The predicted molar refractivity (Wildman–Crippen MR) is 115 cm³/mol. The molecule has 0 bridgehead atoms. The summed E-state index contributed by atoms with van der Waals surface area (Å²) < 4.78 is 12.3. The summed E-state index contributed by atoms with van der Waals surface area (Å²) in [5, 5.41) is 18.8. The van der Waals surface area contributed by atoms with E-state index in [1.807, 2.05) is 20.8 Å². The normalized spacial score (nSPS) is 18.0. The van der Waals surface area contributed by atoms with Crippen LogP contribution in [0.3, 0.4) is 0 Å². The topological polar surface area (TPSA) is 118 Å². The standard InChI is InChI=1S/C22H30N4O3/c1-13-14(2)20-18(15(3)19(13)27)9-10-22(4,29-20)11-12-28-17-7-5-16(6-8-17)26(25)21(23)24/h5-8,27H,9-12,25H2,1-4H3,(H3,23,24). The molecular weight excluding hydrogens is 368 g/mol. The number of nitrogens with two attached hydrogens (primary N) is 2. The highest BCUT2D eigenvalue weighted by Crippen LogP contribution is 2.44. The first-order valence-corrected chi connectivity index (χ1v) is 9.75. The molecule has 0 spiro atoms. The van der Waals surface area contributed by atoms with Crippen molar-refractivity contribution in [3.63, 3.8) is 0 Å². The van der Waals surface area contributed by atoms with Gasteiger partial charge in [0.05, 0.1) is 12.3 Å². The molecule has 29 heavy (non-hydrogen) atoms. The van der Waals surface area contributed by atoms with Crippen molar-refractivity contribution in [2.24, 2.45) is 11.6 Å². The molecule has 2 aromatic carbocycles. The minimum Gasteiger partial charge on any atom is -0.507 e. The molecule has 0 saturated carbocycles. The van der Waals surface area contributed by atoms with E-state index in [2.05, 4.69) is 6.92 Å². The van der Waals surface area contributed by atoms with Crippen molar-refractivity contribution >= 4 is 11.6 Å². The van der Waals surface area contributed by atoms with Crippen LogP contribution in [0, 0.1) is 26.2 Å². The Morgan fingerprint density at radius 2 is 1.86 bits per heavy atom. The van der Waals surface area contributed by atoms with Crippen molar-refractivity contribution in [1.29, 1.82) is 5.41 Å². The van der Waals surface area contributed by atoms with Crippen molar-refractivity contribution in [2.45, 2.75) is 52.6 Å². The van der Waals surface area contributed by atoms with Crippen molar-refractivity contribution in [2.75, 3.05) is 11.6 Å². The molecular formula is C22H30N4O3. The average Bonchev–Trinajstić information content (AvgIpc) is 2.70. The Morgan fingerprint density at radius 3 is 2.48 bits per heavy atom. The summed E-state index contributed by atoms with van der Waals surface area (Å²) in [4.78, 5) is 0. The highest BCUT2D eigenvalue weighted by molar-refractivity contribution is 5.91. The van der Waals surface area contributed by atoms with Crippen LogP contribution in [0.2, 0.25) is 0 Å².